The molecule has 2 rings (SSSR count). The van der Waals surface area contributed by atoms with E-state index in [4.69, 9.17) is 10.5 Å². The quantitative estimate of drug-likeness (QED) is 0.840. The summed E-state index contributed by atoms with van der Waals surface area (Å²) in [6.45, 7) is 6.33. The highest BCUT2D eigenvalue weighted by Crippen LogP contribution is 2.22. The fourth-order valence-corrected chi connectivity index (χ4v) is 3.23. The van der Waals surface area contributed by atoms with E-state index in [0.29, 0.717) is 30.3 Å². The van der Waals surface area contributed by atoms with E-state index in [2.05, 4.69) is 10.3 Å². The molecule has 8 nitrogen and oxygen atoms in total. The summed E-state index contributed by atoms with van der Waals surface area (Å²) in [5, 5.41) is 4.87. The molecule has 3 N–H and O–H groups in total. The number of carbonyl (C=O) groups is 3. The van der Waals surface area contributed by atoms with E-state index in [9.17, 15) is 14.4 Å². The van der Waals surface area contributed by atoms with Crippen molar-refractivity contribution in [2.45, 2.75) is 45.6 Å². The van der Waals surface area contributed by atoms with Gasteiger partial charge in [-0.1, -0.05) is 0 Å². The molecular formula is C16H24N4O4S. The first-order valence-electron chi connectivity index (χ1n) is 8.15. The second-order valence-electron chi connectivity index (χ2n) is 7.04. The number of hydrogen-bond acceptors (Lipinski definition) is 6. The number of nitrogens with two attached hydrogens (primary N) is 1. The lowest BCUT2D eigenvalue weighted by Crippen LogP contribution is -2.45. The third-order valence-electron chi connectivity index (χ3n) is 3.58. The standard InChI is InChI=1S/C16H24N4O4S/c1-16(2,3)24-15(23)20-6-4-5-10(8-20)13(22)19-14-18-11(9-25-14)7-12(17)21/h9-10H,4-8H2,1-3H3,(H2,17,21)(H,18,19,22)/t10-/m1/s1. The van der Waals surface area contributed by atoms with E-state index in [1.807, 2.05) is 20.8 Å². The van der Waals surface area contributed by atoms with Gasteiger partial charge in [0.2, 0.25) is 11.8 Å². The van der Waals surface area contributed by atoms with Gasteiger partial charge in [0.05, 0.1) is 18.0 Å². The highest BCUT2D eigenvalue weighted by atomic mass is 32.1. The van der Waals surface area contributed by atoms with Crippen LogP contribution in [0, 0.1) is 5.92 Å². The number of anilines is 1. The minimum Gasteiger partial charge on any atom is -0.444 e. The first-order chi connectivity index (χ1) is 11.6. The van der Waals surface area contributed by atoms with Crippen LogP contribution >= 0.6 is 11.3 Å². The van der Waals surface area contributed by atoms with Crippen LogP contribution in [0.2, 0.25) is 0 Å². The van der Waals surface area contributed by atoms with Gasteiger partial charge < -0.3 is 20.7 Å². The zero-order valence-electron chi connectivity index (χ0n) is 14.7. The molecule has 3 amide bonds. The molecule has 0 bridgehead atoms. The second kappa shape index (κ2) is 7.81. The van der Waals surface area contributed by atoms with Gasteiger partial charge in [0.1, 0.15) is 5.60 Å². The van der Waals surface area contributed by atoms with Crippen molar-refractivity contribution in [1.29, 1.82) is 0 Å². The van der Waals surface area contributed by atoms with Crippen LogP contribution in [0.1, 0.15) is 39.3 Å². The van der Waals surface area contributed by atoms with Gasteiger partial charge in [0, 0.05) is 18.5 Å². The first-order valence-corrected chi connectivity index (χ1v) is 9.03. The Morgan fingerprint density at radius 1 is 1.44 bits per heavy atom. The van der Waals surface area contributed by atoms with Gasteiger partial charge in [0.15, 0.2) is 5.13 Å². The summed E-state index contributed by atoms with van der Waals surface area (Å²) in [5.74, 6) is -0.971. The van der Waals surface area contributed by atoms with Crippen molar-refractivity contribution in [3.63, 3.8) is 0 Å². The number of hydrogen-bond donors (Lipinski definition) is 2. The van der Waals surface area contributed by atoms with Crippen molar-refractivity contribution < 1.29 is 19.1 Å². The number of nitrogens with zero attached hydrogens (tertiary/aromatic N) is 2. The third kappa shape index (κ3) is 6.00. The maximum absolute atomic E-state index is 12.4. The number of likely N-dealkylation sites (tertiary alicyclic amines) is 1. The van der Waals surface area contributed by atoms with Crippen LogP contribution in [0.4, 0.5) is 9.93 Å². The maximum Gasteiger partial charge on any atom is 0.410 e. The summed E-state index contributed by atoms with van der Waals surface area (Å²) in [6.07, 6.45) is 1.08. The van der Waals surface area contributed by atoms with Crippen LogP contribution in [0.3, 0.4) is 0 Å². The normalized spacial score (nSPS) is 17.9. The molecule has 0 aromatic carbocycles. The van der Waals surface area contributed by atoms with Crippen LogP contribution in [-0.2, 0) is 20.7 Å². The molecule has 0 radical (unpaired) electrons. The van der Waals surface area contributed by atoms with Crippen LogP contribution in [0.5, 0.6) is 0 Å². The molecule has 0 unspecified atom stereocenters. The lowest BCUT2D eigenvalue weighted by Gasteiger charge is -2.33. The number of primary amides is 1. The van der Waals surface area contributed by atoms with Crippen molar-refractivity contribution in [2.24, 2.45) is 11.7 Å². The molecule has 0 spiro atoms. The molecule has 0 aliphatic carbocycles. The predicted octanol–water partition coefficient (Wildman–Crippen LogP) is 1.76. The molecule has 1 atom stereocenters. The Kier molecular flexibility index (Phi) is 5.99. The van der Waals surface area contributed by atoms with Crippen LogP contribution < -0.4 is 11.1 Å². The Hall–Kier alpha value is -2.16. The summed E-state index contributed by atoms with van der Waals surface area (Å²) in [4.78, 5) is 41.2. The molecule has 9 heteroatoms. The average Bonchev–Trinajstić information content (AvgIpc) is 2.91. The van der Waals surface area contributed by atoms with E-state index >= 15 is 0 Å². The highest BCUT2D eigenvalue weighted by Gasteiger charge is 2.31. The largest absolute Gasteiger partial charge is 0.444 e. The van der Waals surface area contributed by atoms with E-state index in [1.165, 1.54) is 11.3 Å². The van der Waals surface area contributed by atoms with Crippen molar-refractivity contribution in [1.82, 2.24) is 9.88 Å². The maximum atomic E-state index is 12.4. The number of piperidine rings is 1. The Balaban J connectivity index is 1.92. The zero-order valence-corrected chi connectivity index (χ0v) is 15.5. The molecule has 1 fully saturated rings. The number of amides is 3. The number of rotatable bonds is 4. The summed E-state index contributed by atoms with van der Waals surface area (Å²) in [7, 11) is 0. The van der Waals surface area contributed by atoms with E-state index in [0.717, 1.165) is 6.42 Å². The van der Waals surface area contributed by atoms with Gasteiger partial charge >= 0.3 is 6.09 Å². The molecule has 0 saturated carbocycles. The Morgan fingerprint density at radius 2 is 2.16 bits per heavy atom. The van der Waals surface area contributed by atoms with Gasteiger partial charge in [0.25, 0.3) is 0 Å². The van der Waals surface area contributed by atoms with Crippen molar-refractivity contribution in [2.75, 3.05) is 18.4 Å². The minimum atomic E-state index is -0.565. The number of thiazole rings is 1. The third-order valence-corrected chi connectivity index (χ3v) is 4.39. The minimum absolute atomic E-state index is 0.0439. The molecule has 1 aromatic heterocycles. The number of ether oxygens (including phenoxy) is 1. The topological polar surface area (TPSA) is 115 Å². The molecule has 1 saturated heterocycles. The number of aromatic nitrogens is 1. The molecule has 1 aliphatic rings. The summed E-state index contributed by atoms with van der Waals surface area (Å²) in [5.41, 5.74) is 5.10. The average molecular weight is 368 g/mol. The van der Waals surface area contributed by atoms with E-state index in [1.54, 1.807) is 10.3 Å². The second-order valence-corrected chi connectivity index (χ2v) is 7.90. The van der Waals surface area contributed by atoms with Gasteiger partial charge in [-0.05, 0) is 33.6 Å². The first kappa shape index (κ1) is 19.2. The molecule has 25 heavy (non-hydrogen) atoms. The van der Waals surface area contributed by atoms with Gasteiger partial charge in [-0.3, -0.25) is 9.59 Å². The lowest BCUT2D eigenvalue weighted by atomic mass is 9.97. The number of carbonyl (C=O) groups excluding carboxylic acids is 3. The van der Waals surface area contributed by atoms with Crippen LogP contribution in [0.25, 0.3) is 0 Å². The fourth-order valence-electron chi connectivity index (χ4n) is 2.52. The van der Waals surface area contributed by atoms with E-state index < -0.39 is 17.6 Å². The molecule has 1 aliphatic heterocycles. The predicted molar refractivity (Wildman–Crippen MR) is 94.2 cm³/mol. The monoisotopic (exact) mass is 368 g/mol. The summed E-state index contributed by atoms with van der Waals surface area (Å²) >= 11 is 1.24. The van der Waals surface area contributed by atoms with Crippen molar-refractivity contribution >= 4 is 34.4 Å². The SMILES string of the molecule is CC(C)(C)OC(=O)N1CCC[C@@H](C(=O)Nc2nc(CC(N)=O)cs2)C1. The Morgan fingerprint density at radius 3 is 2.80 bits per heavy atom. The fraction of sp³-hybridized carbons (Fsp3) is 0.625. The summed E-state index contributed by atoms with van der Waals surface area (Å²) in [6, 6.07) is 0. The van der Waals surface area contributed by atoms with Gasteiger partial charge in [-0.2, -0.15) is 0 Å². The van der Waals surface area contributed by atoms with Crippen LogP contribution in [0.15, 0.2) is 5.38 Å². The van der Waals surface area contributed by atoms with Crippen molar-refractivity contribution in [3.8, 4) is 0 Å². The van der Waals surface area contributed by atoms with Crippen LogP contribution in [-0.4, -0.2) is 46.5 Å². The van der Waals surface area contributed by atoms with Crippen molar-refractivity contribution in [3.05, 3.63) is 11.1 Å². The van der Waals surface area contributed by atoms with Gasteiger partial charge in [-0.15, -0.1) is 11.3 Å². The van der Waals surface area contributed by atoms with E-state index in [-0.39, 0.29) is 18.2 Å². The van der Waals surface area contributed by atoms with Gasteiger partial charge in [-0.25, -0.2) is 9.78 Å². The zero-order chi connectivity index (χ0) is 18.6. The molecule has 1 aromatic rings. The summed E-state index contributed by atoms with van der Waals surface area (Å²) < 4.78 is 5.37. The lowest BCUT2D eigenvalue weighted by molar-refractivity contribution is -0.121. The molecular weight excluding hydrogens is 344 g/mol. The molecule has 2 heterocycles. The highest BCUT2D eigenvalue weighted by molar-refractivity contribution is 7.13. The Labute approximate surface area is 150 Å². The number of nitrogens with one attached hydrogen (secondary N) is 1. The Bertz CT molecular complexity index is 653. The smallest absolute Gasteiger partial charge is 0.410 e. The molecule has 138 valence electrons.